The van der Waals surface area contributed by atoms with Crippen LogP contribution in [0, 0.1) is 0 Å². The maximum Gasteiger partial charge on any atom is 0.170 e. The molecule has 0 N–H and O–H groups in total. The molecule has 4 heteroatoms. The number of hydrogen-bond donors (Lipinski definition) is 0. The number of carbonyl (C=O) groups excluding carboxylic acids is 2. The molecule has 0 spiro atoms. The maximum absolute atomic E-state index is 12.5. The van der Waals surface area contributed by atoms with Gasteiger partial charge in [-0.05, 0) is 37.3 Å². The van der Waals surface area contributed by atoms with Crippen LogP contribution in [0.3, 0.4) is 0 Å². The molecule has 2 atom stereocenters. The van der Waals surface area contributed by atoms with Gasteiger partial charge in [0.1, 0.15) is 5.75 Å². The molecular formula is C18H15ClO3. The average Bonchev–Trinajstić information content (AvgIpc) is 2.87. The zero-order chi connectivity index (χ0) is 15.7. The number of rotatable bonds is 4. The molecule has 3 rings (SSSR count). The van der Waals surface area contributed by atoms with Crippen LogP contribution in [0.2, 0.25) is 5.02 Å². The maximum atomic E-state index is 12.5. The van der Waals surface area contributed by atoms with Gasteiger partial charge in [0, 0.05) is 28.5 Å². The van der Waals surface area contributed by atoms with Crippen molar-refractivity contribution in [3.05, 3.63) is 64.7 Å². The van der Waals surface area contributed by atoms with Gasteiger partial charge in [0.25, 0.3) is 0 Å². The molecule has 0 fully saturated rings. The van der Waals surface area contributed by atoms with Crippen molar-refractivity contribution in [2.75, 3.05) is 0 Å². The number of fused-ring (bicyclic) bond motifs is 1. The third-order valence-electron chi connectivity index (χ3n) is 3.91. The summed E-state index contributed by atoms with van der Waals surface area (Å²) in [6.45, 7) is 1.50. The molecule has 0 aromatic heterocycles. The lowest BCUT2D eigenvalue weighted by atomic mass is 9.87. The van der Waals surface area contributed by atoms with Crippen molar-refractivity contribution in [3.63, 3.8) is 0 Å². The van der Waals surface area contributed by atoms with Gasteiger partial charge >= 0.3 is 0 Å². The van der Waals surface area contributed by atoms with E-state index in [-0.39, 0.29) is 23.9 Å². The second-order valence-electron chi connectivity index (χ2n) is 5.43. The lowest BCUT2D eigenvalue weighted by molar-refractivity contribution is -0.123. The van der Waals surface area contributed by atoms with Crippen LogP contribution in [0.15, 0.2) is 48.5 Å². The summed E-state index contributed by atoms with van der Waals surface area (Å²) in [5, 5.41) is 0.590. The topological polar surface area (TPSA) is 43.4 Å². The highest BCUT2D eigenvalue weighted by Crippen LogP contribution is 2.41. The minimum atomic E-state index is -0.589. The van der Waals surface area contributed by atoms with E-state index in [1.54, 1.807) is 24.3 Å². The van der Waals surface area contributed by atoms with Gasteiger partial charge in [0.15, 0.2) is 17.7 Å². The van der Waals surface area contributed by atoms with Crippen LogP contribution in [0.25, 0.3) is 0 Å². The molecule has 1 heterocycles. The van der Waals surface area contributed by atoms with Crippen LogP contribution in [-0.4, -0.2) is 17.7 Å². The van der Waals surface area contributed by atoms with Gasteiger partial charge in [-0.1, -0.05) is 29.8 Å². The standard InChI is InChI=1S/C18H15ClO3/c1-11(20)18-15(14-4-2-3-5-17(14)22-18)10-16(21)12-6-8-13(19)9-7-12/h2-9,15,18H,10H2,1H3/t15-,18+/m0/s1. The second kappa shape index (κ2) is 5.93. The Balaban J connectivity index is 1.87. The number of ether oxygens (including phenoxy) is 1. The fourth-order valence-electron chi connectivity index (χ4n) is 2.81. The SMILES string of the molecule is CC(=O)[C@H]1Oc2ccccc2[C@@H]1CC(=O)c1ccc(Cl)cc1. The summed E-state index contributed by atoms with van der Waals surface area (Å²) in [5.74, 6) is 0.367. The lowest BCUT2D eigenvalue weighted by Gasteiger charge is -2.15. The molecule has 0 saturated heterocycles. The molecule has 1 aliphatic heterocycles. The van der Waals surface area contributed by atoms with E-state index in [1.807, 2.05) is 24.3 Å². The minimum absolute atomic E-state index is 0.0202. The van der Waals surface area contributed by atoms with Crippen LogP contribution in [0.1, 0.15) is 35.2 Å². The largest absolute Gasteiger partial charge is 0.482 e. The highest BCUT2D eigenvalue weighted by atomic mass is 35.5. The predicted octanol–water partition coefficient (Wildman–Crippen LogP) is 4.05. The minimum Gasteiger partial charge on any atom is -0.482 e. The molecule has 2 aromatic rings. The zero-order valence-corrected chi connectivity index (χ0v) is 12.8. The van der Waals surface area contributed by atoms with Crippen molar-refractivity contribution in [3.8, 4) is 5.75 Å². The Morgan fingerprint density at radius 1 is 1.09 bits per heavy atom. The van der Waals surface area contributed by atoms with Gasteiger partial charge in [0.05, 0.1) is 0 Å². The van der Waals surface area contributed by atoms with Gasteiger partial charge in [0.2, 0.25) is 0 Å². The Labute approximate surface area is 133 Å². The summed E-state index contributed by atoms with van der Waals surface area (Å²) in [6.07, 6.45) is -0.350. The van der Waals surface area contributed by atoms with Crippen LogP contribution >= 0.6 is 11.6 Å². The molecule has 1 aliphatic rings. The molecular weight excluding hydrogens is 300 g/mol. The molecule has 0 saturated carbocycles. The van der Waals surface area contributed by atoms with E-state index in [1.165, 1.54) is 6.92 Å². The molecule has 0 amide bonds. The number of carbonyl (C=O) groups is 2. The Kier molecular flexibility index (Phi) is 3.99. The summed E-state index contributed by atoms with van der Waals surface area (Å²) in [6, 6.07) is 14.3. The van der Waals surface area contributed by atoms with Crippen molar-refractivity contribution < 1.29 is 14.3 Å². The van der Waals surface area contributed by atoms with E-state index < -0.39 is 6.10 Å². The quantitative estimate of drug-likeness (QED) is 0.800. The Hall–Kier alpha value is -2.13. The van der Waals surface area contributed by atoms with Crippen LogP contribution < -0.4 is 4.74 Å². The van der Waals surface area contributed by atoms with E-state index in [0.29, 0.717) is 16.3 Å². The zero-order valence-electron chi connectivity index (χ0n) is 12.1. The van der Waals surface area contributed by atoms with Gasteiger partial charge in [-0.2, -0.15) is 0 Å². The predicted molar refractivity (Wildman–Crippen MR) is 84.7 cm³/mol. The number of Topliss-reactive ketones (excluding diaryl/α,β-unsaturated/α-hetero) is 2. The monoisotopic (exact) mass is 314 g/mol. The second-order valence-corrected chi connectivity index (χ2v) is 5.86. The number of halogens is 1. The van der Waals surface area contributed by atoms with Crippen molar-refractivity contribution >= 4 is 23.2 Å². The molecule has 0 unspecified atom stereocenters. The number of hydrogen-bond acceptors (Lipinski definition) is 3. The molecule has 0 aliphatic carbocycles. The highest BCUT2D eigenvalue weighted by Gasteiger charge is 2.38. The van der Waals surface area contributed by atoms with Gasteiger partial charge in [-0.3, -0.25) is 9.59 Å². The van der Waals surface area contributed by atoms with Crippen molar-refractivity contribution in [2.24, 2.45) is 0 Å². The van der Waals surface area contributed by atoms with Crippen LogP contribution in [0.5, 0.6) is 5.75 Å². The number of para-hydroxylation sites is 1. The summed E-state index contributed by atoms with van der Waals surface area (Å²) < 4.78 is 5.71. The smallest absolute Gasteiger partial charge is 0.170 e. The fourth-order valence-corrected chi connectivity index (χ4v) is 2.94. The molecule has 2 aromatic carbocycles. The summed E-state index contributed by atoms with van der Waals surface area (Å²) in [4.78, 5) is 24.3. The van der Waals surface area contributed by atoms with Gasteiger partial charge in [-0.15, -0.1) is 0 Å². The molecule has 112 valence electrons. The lowest BCUT2D eigenvalue weighted by Crippen LogP contribution is -2.28. The first-order valence-corrected chi connectivity index (χ1v) is 7.49. The third kappa shape index (κ3) is 2.77. The first-order chi connectivity index (χ1) is 10.6. The molecule has 22 heavy (non-hydrogen) atoms. The van der Waals surface area contributed by atoms with E-state index in [9.17, 15) is 9.59 Å². The first-order valence-electron chi connectivity index (χ1n) is 7.11. The number of ketones is 2. The van der Waals surface area contributed by atoms with Crippen LogP contribution in [0.4, 0.5) is 0 Å². The van der Waals surface area contributed by atoms with Crippen molar-refractivity contribution in [2.45, 2.75) is 25.4 Å². The number of benzene rings is 2. The van der Waals surface area contributed by atoms with Crippen LogP contribution in [-0.2, 0) is 4.79 Å². The van der Waals surface area contributed by atoms with E-state index in [4.69, 9.17) is 16.3 Å². The van der Waals surface area contributed by atoms with E-state index in [0.717, 1.165) is 5.56 Å². The Morgan fingerprint density at radius 3 is 2.45 bits per heavy atom. The summed E-state index contributed by atoms with van der Waals surface area (Å²) >= 11 is 5.84. The van der Waals surface area contributed by atoms with E-state index >= 15 is 0 Å². The molecule has 3 nitrogen and oxygen atoms in total. The van der Waals surface area contributed by atoms with E-state index in [2.05, 4.69) is 0 Å². The Morgan fingerprint density at radius 2 is 1.77 bits per heavy atom. The van der Waals surface area contributed by atoms with Gasteiger partial charge in [-0.25, -0.2) is 0 Å². The Bertz CT molecular complexity index is 721. The highest BCUT2D eigenvalue weighted by molar-refractivity contribution is 6.30. The first kappa shape index (κ1) is 14.8. The third-order valence-corrected chi connectivity index (χ3v) is 4.16. The summed E-state index contributed by atoms with van der Waals surface area (Å²) in [5.41, 5.74) is 1.51. The fraction of sp³-hybridized carbons (Fsp3) is 0.222. The molecule has 0 radical (unpaired) electrons. The summed E-state index contributed by atoms with van der Waals surface area (Å²) in [7, 11) is 0. The molecule has 0 bridgehead atoms. The van der Waals surface area contributed by atoms with Crippen molar-refractivity contribution in [1.82, 2.24) is 0 Å². The van der Waals surface area contributed by atoms with Crippen molar-refractivity contribution in [1.29, 1.82) is 0 Å². The average molecular weight is 315 g/mol. The van der Waals surface area contributed by atoms with Gasteiger partial charge < -0.3 is 4.74 Å². The normalized spacial score (nSPS) is 19.4.